The van der Waals surface area contributed by atoms with Gasteiger partial charge in [-0.15, -0.1) is 39.7 Å². The third-order valence-electron chi connectivity index (χ3n) is 9.45. The normalized spacial score (nSPS) is 11.1. The van der Waals surface area contributed by atoms with Gasteiger partial charge in [-0.3, -0.25) is 0 Å². The predicted molar refractivity (Wildman–Crippen MR) is 200 cm³/mol. The van der Waals surface area contributed by atoms with Gasteiger partial charge in [-0.25, -0.2) is 12.1 Å². The molecule has 0 N–H and O–H groups in total. The van der Waals surface area contributed by atoms with E-state index in [0.717, 1.165) is 23.9 Å². The monoisotopic (exact) mass is 774 g/mol. The zero-order valence-corrected chi connectivity index (χ0v) is 32.9. The molecule has 0 saturated carbocycles. The van der Waals surface area contributed by atoms with Gasteiger partial charge in [-0.05, 0) is 13.8 Å². The zero-order chi connectivity index (χ0) is 32.2. The van der Waals surface area contributed by atoms with Gasteiger partial charge in [0.25, 0.3) is 0 Å². The Morgan fingerprint density at radius 3 is 1.56 bits per heavy atom. The van der Waals surface area contributed by atoms with Crippen LogP contribution >= 0.6 is 0 Å². The Morgan fingerprint density at radius 2 is 1.13 bits per heavy atom. The van der Waals surface area contributed by atoms with Crippen LogP contribution in [-0.4, -0.2) is 11.3 Å². The van der Waals surface area contributed by atoms with Gasteiger partial charge in [0.05, 0.1) is 0 Å². The van der Waals surface area contributed by atoms with Crippen LogP contribution in [0, 0.1) is 13.8 Å². The van der Waals surface area contributed by atoms with Crippen molar-refractivity contribution in [1.29, 1.82) is 0 Å². The third-order valence-corrected chi connectivity index (χ3v) is 17.1. The van der Waals surface area contributed by atoms with Gasteiger partial charge in [-0.2, -0.15) is 18.2 Å². The molecule has 6 aromatic rings. The fourth-order valence-electron chi connectivity index (χ4n) is 6.32. The molecule has 0 aliphatic heterocycles. The maximum Gasteiger partial charge on any atom is -0.0469 e. The van der Waals surface area contributed by atoms with Gasteiger partial charge in [0.1, 0.15) is 0 Å². The minimum atomic E-state index is -1.25. The molecule has 0 aliphatic carbocycles. The van der Waals surface area contributed by atoms with Crippen molar-refractivity contribution in [2.75, 3.05) is 0 Å². The van der Waals surface area contributed by atoms with E-state index < -0.39 is 8.07 Å². The van der Waals surface area contributed by atoms with Crippen LogP contribution in [0.15, 0.2) is 121 Å². The number of benzene rings is 4. The second-order valence-electron chi connectivity index (χ2n) is 12.4. The third kappa shape index (κ3) is 9.08. The van der Waals surface area contributed by atoms with Gasteiger partial charge in [0.15, 0.2) is 0 Å². The Bertz CT molecular complexity index is 1670. The second-order valence-corrected chi connectivity index (χ2v) is 19.4. The standard InChI is InChI=1S/C23H32Si.C15H13.C5H5.Hf/c1-5-9-10-20-11-13-21(14-12-20)19-22-15-17-23(18-16-22)24(6-2,7-3)8-4;1-10-3-5-14-12(7-10)9-13-8-11(2)4-6-15(13)14;1-2-4-5-3-1;/h11-18H,5-10H2,1-4H3;3-9H,1-2H3;1-5H;/q;2*-1;+2. The summed E-state index contributed by atoms with van der Waals surface area (Å²) in [5.41, 5.74) is 6.96. The quantitative estimate of drug-likeness (QED) is 0.101. The smallest absolute Gasteiger partial charge is 0.0469 e. The predicted octanol–water partition coefficient (Wildman–Crippen LogP) is 11.6. The summed E-state index contributed by atoms with van der Waals surface area (Å²) in [5, 5.41) is 7.10. The van der Waals surface area contributed by atoms with E-state index in [4.69, 9.17) is 0 Å². The van der Waals surface area contributed by atoms with E-state index >= 15 is 0 Å². The van der Waals surface area contributed by atoms with Gasteiger partial charge in [0, 0.05) is 0 Å². The van der Waals surface area contributed by atoms with Gasteiger partial charge in [0.2, 0.25) is 0 Å². The Hall–Kier alpha value is -2.94. The van der Waals surface area contributed by atoms with E-state index in [1.54, 1.807) is 5.19 Å². The molecule has 0 heterocycles. The van der Waals surface area contributed by atoms with Crippen molar-refractivity contribution < 1.29 is 23.9 Å². The molecule has 0 aliphatic rings. The van der Waals surface area contributed by atoms with Crippen molar-refractivity contribution >= 4 is 38.1 Å². The minimum absolute atomic E-state index is 1.08. The molecule has 0 fully saturated rings. The van der Waals surface area contributed by atoms with E-state index in [9.17, 15) is 0 Å². The van der Waals surface area contributed by atoms with Crippen LogP contribution in [0.4, 0.5) is 0 Å². The van der Waals surface area contributed by atoms with Gasteiger partial charge in [-0.1, -0.05) is 35.4 Å². The summed E-state index contributed by atoms with van der Waals surface area (Å²) in [6, 6.07) is 48.6. The van der Waals surface area contributed by atoms with Crippen LogP contribution in [0.25, 0.3) is 21.5 Å². The van der Waals surface area contributed by atoms with Crippen LogP contribution in [0.2, 0.25) is 18.1 Å². The largest absolute Gasteiger partial charge is 0.214 e. The number of rotatable bonds is 9. The molecule has 0 saturated heterocycles. The molecule has 0 nitrogen and oxygen atoms in total. The van der Waals surface area contributed by atoms with E-state index in [0.29, 0.717) is 0 Å². The van der Waals surface area contributed by atoms with Crippen LogP contribution in [0.3, 0.4) is 0 Å². The summed E-state index contributed by atoms with van der Waals surface area (Å²) in [6.07, 6.45) is 3.76. The van der Waals surface area contributed by atoms with E-state index in [2.05, 4.69) is 133 Å². The van der Waals surface area contributed by atoms with Gasteiger partial charge >= 0.3 is 171 Å². The Balaban J connectivity index is 0.000000191. The first kappa shape index (κ1) is 34.9. The van der Waals surface area contributed by atoms with E-state index in [-0.39, 0.29) is 0 Å². The SMILES string of the molecule is CCCCc1ccc([C](=[Hf+2])c2ccc([Si](CC)(CC)CC)cc2)cc1.Cc1ccc2c(c1)[cH-]c1cc(C)ccc12.c1cc[cH-]c1. The molecule has 6 rings (SSSR count). The maximum atomic E-state index is 2.44. The fourth-order valence-corrected chi connectivity index (χ4v) is 11.1. The number of hydrogen-bond donors (Lipinski definition) is 0. The number of unbranched alkanes of at least 4 members (excludes halogenated alkanes) is 1. The van der Waals surface area contributed by atoms with E-state index in [1.165, 1.54) is 90.0 Å². The molecule has 2 heteroatoms. The number of fused-ring (bicyclic) bond motifs is 3. The average Bonchev–Trinajstić information content (AvgIpc) is 3.77. The Labute approximate surface area is 288 Å². The van der Waals surface area contributed by atoms with Crippen LogP contribution < -0.4 is 5.19 Å². The molecule has 0 amide bonds. The molecular formula is C43H50HfSi. The molecule has 0 spiro atoms. The molecule has 0 bridgehead atoms. The number of aryl methyl sites for hydroxylation is 3. The topological polar surface area (TPSA) is 0 Å². The second kappa shape index (κ2) is 17.1. The summed E-state index contributed by atoms with van der Waals surface area (Å²) < 4.78 is 1.52. The van der Waals surface area contributed by atoms with Gasteiger partial charge < -0.3 is 0 Å². The molecule has 230 valence electrons. The van der Waals surface area contributed by atoms with Crippen LogP contribution in [-0.2, 0) is 30.3 Å². The van der Waals surface area contributed by atoms with Crippen molar-refractivity contribution in [1.82, 2.24) is 0 Å². The molecule has 0 aromatic heterocycles. The van der Waals surface area contributed by atoms with Crippen molar-refractivity contribution in [3.05, 3.63) is 149 Å². The molecule has 45 heavy (non-hydrogen) atoms. The van der Waals surface area contributed by atoms with Crippen LogP contribution in [0.1, 0.15) is 68.4 Å². The summed E-state index contributed by atoms with van der Waals surface area (Å²) in [6.45, 7) is 13.7. The molecule has 0 unspecified atom stereocenters. The van der Waals surface area contributed by atoms with Crippen molar-refractivity contribution in [3.63, 3.8) is 0 Å². The summed E-state index contributed by atoms with van der Waals surface area (Å²) >= 11 is 1.08. The van der Waals surface area contributed by atoms with Crippen molar-refractivity contribution in [2.24, 2.45) is 0 Å². The summed E-state index contributed by atoms with van der Waals surface area (Å²) in [7, 11) is -1.25. The van der Waals surface area contributed by atoms with E-state index in [1.807, 2.05) is 30.3 Å². The first-order chi connectivity index (χ1) is 21.8. The first-order valence-electron chi connectivity index (χ1n) is 16.9. The summed E-state index contributed by atoms with van der Waals surface area (Å²) in [4.78, 5) is 0. The Morgan fingerprint density at radius 1 is 0.644 bits per heavy atom. The minimum Gasteiger partial charge on any atom is -0.214 e. The molecule has 6 aromatic carbocycles. The maximum absolute atomic E-state index is 2.44. The number of hydrogen-bond acceptors (Lipinski definition) is 0. The fraction of sp³-hybridized carbons (Fsp3) is 0.279. The molecule has 0 atom stereocenters. The van der Waals surface area contributed by atoms with Crippen LogP contribution in [0.5, 0.6) is 0 Å². The first-order valence-corrected chi connectivity index (χ1v) is 21.3. The summed E-state index contributed by atoms with van der Waals surface area (Å²) in [5.74, 6) is 0. The van der Waals surface area contributed by atoms with Crippen molar-refractivity contribution in [2.45, 2.75) is 78.9 Å². The zero-order valence-electron chi connectivity index (χ0n) is 28.3. The molecular weight excluding hydrogens is 723 g/mol. The molecule has 0 radical (unpaired) electrons. The average molecular weight is 773 g/mol. The Kier molecular flexibility index (Phi) is 13.3. The van der Waals surface area contributed by atoms with Crippen molar-refractivity contribution in [3.8, 4) is 0 Å².